The highest BCUT2D eigenvalue weighted by Crippen LogP contribution is 2.48. The maximum atomic E-state index is 11.7. The Labute approximate surface area is 812 Å². The highest BCUT2D eigenvalue weighted by atomic mass is 35.5. The summed E-state index contributed by atoms with van der Waals surface area (Å²) in [5.41, 5.74) is 19.1. The van der Waals surface area contributed by atoms with E-state index in [9.17, 15) is 93.5 Å². The first-order valence-electron chi connectivity index (χ1n) is 41.4. The zero-order chi connectivity index (χ0) is 106. The number of aliphatic hydroxyl groups is 12. The van der Waals surface area contributed by atoms with Gasteiger partial charge in [-0.05, 0) is 35.8 Å². The van der Waals surface area contributed by atoms with Gasteiger partial charge in [-0.15, -0.1) is 0 Å². The van der Waals surface area contributed by atoms with Gasteiger partial charge in [-0.3, -0.25) is 64.7 Å². The predicted octanol–water partition coefficient (Wildman–Crippen LogP) is -5.52. The molecule has 77 heteroatoms. The molecule has 0 unspecified atom stereocenters. The van der Waals surface area contributed by atoms with Crippen LogP contribution in [0.1, 0.15) is 60.1 Å². The van der Waals surface area contributed by atoms with Crippen LogP contribution in [0.5, 0.6) is 0 Å². The second kappa shape index (κ2) is 45.8. The Bertz CT molecular complexity index is 6930. The Morgan fingerprint density at radius 1 is 0.441 bits per heavy atom. The minimum atomic E-state index is -4.80. The lowest BCUT2D eigenvalue weighted by molar-refractivity contribution is -0.0512. The van der Waals surface area contributed by atoms with Gasteiger partial charge < -0.3 is 169 Å². The lowest BCUT2D eigenvalue weighted by Gasteiger charge is -2.18. The van der Waals surface area contributed by atoms with Crippen molar-refractivity contribution in [2.24, 2.45) is 17.2 Å². The molecule has 0 bridgehead atoms. The predicted molar refractivity (Wildman–Crippen MR) is 475 cm³/mol. The van der Waals surface area contributed by atoms with Gasteiger partial charge in [0.2, 0.25) is 5.95 Å². The van der Waals surface area contributed by atoms with Crippen molar-refractivity contribution in [1.29, 1.82) is 5.41 Å². The number of halogens is 1. The van der Waals surface area contributed by atoms with Gasteiger partial charge in [-0.2, -0.15) is 0 Å². The molecule has 11 aromatic rings. The number of aromatic nitrogens is 19. The van der Waals surface area contributed by atoms with E-state index in [-0.39, 0.29) is 63.2 Å². The highest BCUT2D eigenvalue weighted by Gasteiger charge is 2.52. The Hall–Kier alpha value is -9.75. The summed E-state index contributed by atoms with van der Waals surface area (Å²) >= 11 is 6.00. The van der Waals surface area contributed by atoms with Gasteiger partial charge in [0.15, 0.2) is 99.7 Å². The number of hydrogen-bond donors (Lipinski definition) is 28. The minimum Gasteiger partial charge on any atom is -0.397 e. The first-order chi connectivity index (χ1) is 68.0. The van der Waals surface area contributed by atoms with E-state index < -0.39 is 234 Å². The van der Waals surface area contributed by atoms with E-state index in [1.807, 2.05) is 0 Å². The number of nitrogens with two attached hydrogens (primary N) is 1. The van der Waals surface area contributed by atoms with Gasteiger partial charge in [0, 0.05) is 57.3 Å². The molecular formula is C68H92ClN27O43P6. The van der Waals surface area contributed by atoms with Crippen molar-refractivity contribution in [3.8, 4) is 0 Å². The molecule has 0 spiro atoms. The third kappa shape index (κ3) is 26.2. The molecule has 0 aliphatic carbocycles. The number of ketones is 1. The van der Waals surface area contributed by atoms with Crippen molar-refractivity contribution >= 4 is 155 Å². The van der Waals surface area contributed by atoms with E-state index in [0.717, 1.165) is 10.3 Å². The fourth-order valence-corrected chi connectivity index (χ4v) is 17.3. The SMILES string of the molecule is CNc1ccnc2c1ncn2[C@@H]1O[C@H](COP(=O)(O)O)[C@@H](O)[C@H]1O.CNc1nc(C)nc2c1ncn2[C@@H]1O[C@H](COP(=O)(O)O)[C@@H](O)[C@H]1O.Cn1cnc2c(ncn2[C@@H]2O[C@H](COP(=O)(O)O)[C@@H](O)[C@H]2O)c1=N.O=C1CC=Nc2c1ncn2[C@@H]1O[C@H](COP(=O)(O)O)[C@@H](O)[C@H]1O.O=P(O)(O)OC[C@H]1O[C@@H](n2cnc3c(Cl)ccnc32)[C@H](O)[C@@H]1O.[N-]=[N+]=Nc1nc2c(N)ccnc2n1[C@@H]1O[C@H](COP(=O)(O)O)[C@@H](O)[C@H]1O. The first-order valence-corrected chi connectivity index (χ1v) is 50.9. The van der Waals surface area contributed by atoms with Crippen LogP contribution < -0.4 is 21.9 Å². The number of ether oxygens (including phenoxy) is 6. The van der Waals surface area contributed by atoms with E-state index in [1.54, 1.807) is 46.4 Å². The number of carbonyl (C=O) groups excluding carboxylic acids is 1. The second-order valence-electron chi connectivity index (χ2n) is 31.6. The number of aliphatic hydroxyl groups excluding tert-OH is 12. The van der Waals surface area contributed by atoms with Crippen LogP contribution in [-0.2, 0) is 90.0 Å². The number of azide groups is 1. The van der Waals surface area contributed by atoms with E-state index in [1.165, 1.54) is 90.0 Å². The van der Waals surface area contributed by atoms with Gasteiger partial charge in [-0.25, -0.2) is 92.2 Å². The van der Waals surface area contributed by atoms with Gasteiger partial charge >= 0.3 is 46.9 Å². The summed E-state index contributed by atoms with van der Waals surface area (Å²) in [6.07, 6.45) is -16.6. The number of Topliss-reactive ketones (excluding diaryl/α,β-unsaturated/α-hetero) is 1. The molecule has 794 valence electrons. The van der Waals surface area contributed by atoms with E-state index >= 15 is 0 Å². The number of fused-ring (bicyclic) bond motifs is 6. The number of phosphoric acid groups is 6. The zero-order valence-electron chi connectivity index (χ0n) is 74.2. The molecule has 11 aromatic heterocycles. The van der Waals surface area contributed by atoms with Crippen molar-refractivity contribution < 1.29 is 208 Å². The third-order valence-corrected chi connectivity index (χ3v) is 25.2. The monoisotopic (exact) mass is 2200 g/mol. The van der Waals surface area contributed by atoms with E-state index in [0.29, 0.717) is 50.2 Å². The van der Waals surface area contributed by atoms with Crippen LogP contribution in [-0.4, -0.2) is 387 Å². The number of rotatable bonds is 27. The number of aliphatic imine (C=N–C) groups is 1. The summed E-state index contributed by atoms with van der Waals surface area (Å²) < 4.78 is 133. The summed E-state index contributed by atoms with van der Waals surface area (Å²) in [6.45, 7) is -1.94. The number of imidazole rings is 6. The molecule has 0 aromatic carbocycles. The molecule has 18 heterocycles. The molecule has 7 aliphatic heterocycles. The number of hydrogen-bond acceptors (Lipinski definition) is 49. The number of nitrogens with zero attached hydrogens (tertiary/aromatic N) is 23. The quantitative estimate of drug-likeness (QED) is 0.00988. The largest absolute Gasteiger partial charge is 0.469 e. The molecule has 24 atom stereocenters. The smallest absolute Gasteiger partial charge is 0.397 e. The number of nitrogen functional groups attached to an aromatic ring is 1. The summed E-state index contributed by atoms with van der Waals surface area (Å²) in [5, 5.41) is 139. The molecule has 0 amide bonds. The van der Waals surface area contributed by atoms with Gasteiger partial charge in [0.1, 0.15) is 138 Å². The van der Waals surface area contributed by atoms with E-state index in [2.05, 4.69) is 113 Å². The third-order valence-electron chi connectivity index (χ3n) is 21.9. The van der Waals surface area contributed by atoms with Crippen LogP contribution in [0, 0.1) is 12.3 Å². The number of pyridine rings is 3. The zero-order valence-corrected chi connectivity index (χ0v) is 80.3. The molecule has 145 heavy (non-hydrogen) atoms. The highest BCUT2D eigenvalue weighted by molar-refractivity contribution is 7.47. The van der Waals surface area contributed by atoms with Crippen LogP contribution in [0.3, 0.4) is 0 Å². The molecule has 29 N–H and O–H groups in total. The van der Waals surface area contributed by atoms with Crippen molar-refractivity contribution in [2.75, 3.05) is 70.1 Å². The average molecular weight is 2200 g/mol. The summed E-state index contributed by atoms with van der Waals surface area (Å²) in [5.74, 6) is 0.696. The Balaban J connectivity index is 0.000000146. The number of aryl methyl sites for hydroxylation is 2. The van der Waals surface area contributed by atoms with Crippen molar-refractivity contribution in [1.82, 2.24) is 91.8 Å². The molecule has 6 saturated heterocycles. The fraction of sp³-hybridized carbons (Fsp3) is 0.515. The van der Waals surface area contributed by atoms with Crippen LogP contribution >= 0.6 is 58.5 Å². The molecule has 7 aliphatic rings. The lowest BCUT2D eigenvalue weighted by Crippen LogP contribution is -2.33. The molecule has 0 radical (unpaired) electrons. The summed E-state index contributed by atoms with van der Waals surface area (Å²) in [6, 6.07) is 4.76. The Morgan fingerprint density at radius 2 is 0.793 bits per heavy atom. The molecular weight excluding hydrogens is 2100 g/mol. The second-order valence-corrected chi connectivity index (χ2v) is 39.4. The topological polar surface area (TPSA) is 1040 Å². The normalized spacial score (nSPS) is 28.0. The van der Waals surface area contributed by atoms with Crippen molar-refractivity contribution in [3.05, 3.63) is 107 Å². The number of phosphoric ester groups is 6. The van der Waals surface area contributed by atoms with Crippen molar-refractivity contribution in [2.45, 2.75) is 161 Å². The maximum absolute atomic E-state index is 11.7. The minimum absolute atomic E-state index is 0.105. The average Bonchev–Trinajstić information content (AvgIpc) is 1.65. The van der Waals surface area contributed by atoms with E-state index in [4.69, 9.17) is 115 Å². The standard InChI is InChI=1S/C12H18N5O7P.C12H17N4O7P.C11H13ClN3O7P.C11H14N7O7P.C11H16N5O7P.C11H14N3O8P/c1-5-15-10(13-2)7-11(16-5)17(4-14-7)12-9(19)8(18)6(24-12)3-23-25(20,21)22;1-13-6-2-3-14-11-8(6)15-5-16(11)12-10(18)9(17)7(23-12)4-22-24(19,20)21;12-5-1-2-13-10-7(5)14-4-15(10)11-9(17)8(16)6(22-11)3-21-23(18,19)20;12-4-1-2-14-9-6(4)15-11(16-17-13)18(9)10-8(20)7(19)5(25-10)3-24-26(21,22)23;1-15-3-14-10-6(9(15)12)13-4-16(10)11-8(18)7(17)5(23-11)2-22-24(19,20)21;15-5-1-2-12-10-7(5)13-4-14(10)11-9(17)8(16)6(22-11)3-21-23(18,19)20/h4,6,8-9,12,18-19H,3H2,1-2H3,(H,13,15,16)(H2,20,21,22);2-3,5,7,9-10,12,17-18H,4H2,1H3,(H,13,14)(H2,19,20,21);1-2,4,6,8-9,11,16-17H,3H2,(H2,18,19,20);1-2,5,7-8,10,19-20H,3H2,(H2,12,14)(H2,21,22,23);3-5,7-8,11-12,17-18H,2H2,1H3,(H2,19,20,21);2,4,6,8-9,11,16-17H,1,3H2,(H2,18,19,20)/t6-,8-,9-,12-;7-,9-,10-,12-;6-,8-,9-,11-;5-,7-,8-,10-;5-,7-,8-,11-;6-,8-,9-,11-/m111111/s1. The molecule has 18 rings (SSSR count). The molecule has 6 fully saturated rings. The summed E-state index contributed by atoms with van der Waals surface area (Å²) in [4.78, 5) is 173. The van der Waals surface area contributed by atoms with Crippen LogP contribution in [0.25, 0.3) is 66.3 Å². The van der Waals surface area contributed by atoms with Crippen LogP contribution in [0.15, 0.2) is 84.9 Å². The van der Waals surface area contributed by atoms with Gasteiger partial charge in [-0.1, -0.05) is 11.6 Å². The number of carbonyl (C=O) groups is 1. The molecule has 70 nitrogen and oxygen atoms in total. The maximum Gasteiger partial charge on any atom is 0.469 e. The van der Waals surface area contributed by atoms with Crippen LogP contribution in [0.4, 0.5) is 29.0 Å². The van der Waals surface area contributed by atoms with Crippen molar-refractivity contribution in [3.63, 3.8) is 0 Å². The first kappa shape index (κ1) is 112. The molecule has 0 saturated carbocycles. The number of anilines is 3. The van der Waals surface area contributed by atoms with Gasteiger partial charge in [0.05, 0.1) is 94.0 Å². The van der Waals surface area contributed by atoms with Gasteiger partial charge in [0.25, 0.3) is 0 Å². The number of nitrogens with one attached hydrogen (secondary N) is 3. The summed E-state index contributed by atoms with van der Waals surface area (Å²) in [7, 11) is -23.4. The fourth-order valence-electron chi connectivity index (χ4n) is 15.1. The van der Waals surface area contributed by atoms with Crippen LogP contribution in [0.2, 0.25) is 5.02 Å². The Kier molecular flexibility index (Phi) is 35.5. The lowest BCUT2D eigenvalue weighted by atomic mass is 10.1. The Morgan fingerprint density at radius 3 is 1.21 bits per heavy atom.